The van der Waals surface area contributed by atoms with Crippen LogP contribution >= 0.6 is 23.1 Å². The average Bonchev–Trinajstić information content (AvgIpc) is 3.95. The van der Waals surface area contributed by atoms with E-state index >= 15 is 0 Å². The summed E-state index contributed by atoms with van der Waals surface area (Å²) in [5, 5.41) is 47.4. The molecule has 67 heavy (non-hydrogen) atoms. The molecule has 0 atom stereocenters. The summed E-state index contributed by atoms with van der Waals surface area (Å²) in [5.41, 5.74) is 4.37. The monoisotopic (exact) mass is 970 g/mol. The van der Waals surface area contributed by atoms with Crippen LogP contribution in [0.5, 0.6) is 11.5 Å². The highest BCUT2D eigenvalue weighted by atomic mass is 32.2. The molecule has 0 spiro atoms. The third-order valence-electron chi connectivity index (χ3n) is 10.5. The molecule has 0 radical (unpaired) electrons. The Kier molecular flexibility index (Phi) is 15.6. The van der Waals surface area contributed by atoms with Crippen molar-refractivity contribution in [2.45, 2.75) is 32.6 Å². The number of ether oxygens (including phenoxy) is 2. The van der Waals surface area contributed by atoms with Gasteiger partial charge in [-0.1, -0.05) is 12.1 Å². The van der Waals surface area contributed by atoms with Crippen molar-refractivity contribution in [2.75, 3.05) is 92.0 Å². The molecule has 3 heterocycles. The van der Waals surface area contributed by atoms with E-state index in [1.165, 1.54) is 29.7 Å². The number of aliphatic hydroxyl groups excluding tert-OH is 2. The Bertz CT molecular complexity index is 3010. The number of nitrogens with zero attached hydrogens (tertiary/aromatic N) is 12. The molecule has 0 aliphatic heterocycles. The molecule has 0 saturated heterocycles. The highest BCUT2D eigenvalue weighted by Gasteiger charge is 2.22. The number of azo groups is 2. The first-order valence-electron chi connectivity index (χ1n) is 21.2. The van der Waals surface area contributed by atoms with Gasteiger partial charge in [-0.05, 0) is 93.2 Å². The zero-order valence-corrected chi connectivity index (χ0v) is 40.0. The van der Waals surface area contributed by atoms with Gasteiger partial charge in [-0.3, -0.25) is 4.55 Å². The molecule has 0 amide bonds. The van der Waals surface area contributed by atoms with Gasteiger partial charge in [-0.2, -0.15) is 32.1 Å². The van der Waals surface area contributed by atoms with E-state index in [0.29, 0.717) is 70.6 Å². The fourth-order valence-corrected chi connectivity index (χ4v) is 9.01. The van der Waals surface area contributed by atoms with Crippen molar-refractivity contribution in [2.24, 2.45) is 20.5 Å². The molecule has 4 aromatic carbocycles. The van der Waals surface area contributed by atoms with Crippen LogP contribution in [-0.4, -0.2) is 114 Å². The summed E-state index contributed by atoms with van der Waals surface area (Å²) >= 11 is 2.23. The molecule has 3 aromatic heterocycles. The van der Waals surface area contributed by atoms with Gasteiger partial charge in [0.2, 0.25) is 17.8 Å². The summed E-state index contributed by atoms with van der Waals surface area (Å²) in [7, 11) is -1.35. The van der Waals surface area contributed by atoms with Crippen molar-refractivity contribution in [1.29, 1.82) is 0 Å². The van der Waals surface area contributed by atoms with Gasteiger partial charge in [0.25, 0.3) is 10.1 Å². The van der Waals surface area contributed by atoms with Crippen LogP contribution in [0.4, 0.5) is 62.0 Å². The number of hydrogen-bond acceptors (Lipinski definition) is 22. The Morgan fingerprint density at radius 3 is 1.60 bits per heavy atom. The van der Waals surface area contributed by atoms with Crippen LogP contribution in [0.25, 0.3) is 21.8 Å². The number of rotatable bonds is 22. The lowest BCUT2D eigenvalue weighted by Gasteiger charge is -2.25. The molecule has 0 fully saturated rings. The van der Waals surface area contributed by atoms with E-state index in [-0.39, 0.29) is 59.7 Å². The molecule has 352 valence electrons. The standard InChI is InChI=1S/C43H50N14O7S3/c1-7-55(8-2)35-22-31(33(24-37(35)63-5)49-51-39-27-13-11-12-14-29(27)53-65-39)44-41-46-42(48-43(47-41)57(17-19-58)18-20-59)45-32-23-36(56(9-3)10-4)38(64-6)25-34(32)50-52-40-28-21-26(67(60,61)62)15-16-30(28)54-66-40/h11-16,21-25,58-59H,7-10,17-20H2,1-6H3,(H,60,61,62)(H2,44,45,46,47,48). The fourth-order valence-electron chi connectivity index (χ4n) is 7.13. The van der Waals surface area contributed by atoms with E-state index < -0.39 is 10.1 Å². The Hall–Kier alpha value is -6.70. The summed E-state index contributed by atoms with van der Waals surface area (Å²) in [6.07, 6.45) is 0. The minimum absolute atomic E-state index is 0.0540. The van der Waals surface area contributed by atoms with Crippen molar-refractivity contribution >= 4 is 117 Å². The smallest absolute Gasteiger partial charge is 0.294 e. The number of anilines is 7. The number of benzene rings is 4. The predicted octanol–water partition coefficient (Wildman–Crippen LogP) is 9.16. The summed E-state index contributed by atoms with van der Waals surface area (Å²) in [4.78, 5) is 19.9. The maximum atomic E-state index is 12.0. The maximum Gasteiger partial charge on any atom is 0.294 e. The molecular weight excluding hydrogens is 921 g/mol. The van der Waals surface area contributed by atoms with E-state index in [2.05, 4.69) is 44.5 Å². The number of nitrogens with one attached hydrogen (secondary N) is 2. The topological polar surface area (TPSA) is 261 Å². The van der Waals surface area contributed by atoms with E-state index in [0.717, 1.165) is 33.8 Å². The molecule has 0 saturated carbocycles. The van der Waals surface area contributed by atoms with Gasteiger partial charge >= 0.3 is 0 Å². The Morgan fingerprint density at radius 2 is 1.12 bits per heavy atom. The molecule has 0 aliphatic rings. The fraction of sp³-hybridized carbons (Fsp3) is 0.326. The summed E-state index contributed by atoms with van der Waals surface area (Å²) in [5.74, 6) is 1.33. The summed E-state index contributed by atoms with van der Waals surface area (Å²) < 4.78 is 54.3. The van der Waals surface area contributed by atoms with Crippen LogP contribution in [0, 0.1) is 0 Å². The lowest BCUT2D eigenvalue weighted by molar-refractivity contribution is 0.280. The average molecular weight is 971 g/mol. The van der Waals surface area contributed by atoms with E-state index in [4.69, 9.17) is 29.5 Å². The lowest BCUT2D eigenvalue weighted by Crippen LogP contribution is -2.31. The number of fused-ring (bicyclic) bond motifs is 2. The van der Waals surface area contributed by atoms with E-state index in [9.17, 15) is 23.2 Å². The third kappa shape index (κ3) is 11.0. The number of hydrogen-bond donors (Lipinski definition) is 5. The van der Waals surface area contributed by atoms with Crippen LogP contribution in [0.3, 0.4) is 0 Å². The second kappa shape index (κ2) is 21.7. The van der Waals surface area contributed by atoms with E-state index in [1.807, 2.05) is 64.1 Å². The van der Waals surface area contributed by atoms with Gasteiger partial charge in [-0.15, -0.1) is 20.5 Å². The predicted molar refractivity (Wildman–Crippen MR) is 263 cm³/mol. The molecule has 0 unspecified atom stereocenters. The Morgan fingerprint density at radius 1 is 0.627 bits per heavy atom. The maximum absolute atomic E-state index is 12.0. The first-order chi connectivity index (χ1) is 32.4. The molecule has 7 aromatic rings. The minimum atomic E-state index is -4.50. The molecule has 0 aliphatic carbocycles. The first-order valence-corrected chi connectivity index (χ1v) is 24.2. The molecule has 7 rings (SSSR count). The van der Waals surface area contributed by atoms with Crippen LogP contribution in [0.15, 0.2) is 92.1 Å². The quantitative estimate of drug-likeness (QED) is 0.0313. The highest BCUT2D eigenvalue weighted by molar-refractivity contribution is 7.85. The van der Waals surface area contributed by atoms with Crippen molar-refractivity contribution in [3.05, 3.63) is 66.7 Å². The molecule has 5 N–H and O–H groups in total. The first kappa shape index (κ1) is 48.2. The number of aromatic nitrogens is 5. The van der Waals surface area contributed by atoms with Crippen molar-refractivity contribution in [3.63, 3.8) is 0 Å². The number of aliphatic hydroxyl groups is 2. The lowest BCUT2D eigenvalue weighted by atomic mass is 10.2. The van der Waals surface area contributed by atoms with Crippen LogP contribution in [-0.2, 0) is 10.1 Å². The number of methoxy groups -OCH3 is 2. The normalized spacial score (nSPS) is 11.8. The van der Waals surface area contributed by atoms with Crippen LogP contribution in [0.2, 0.25) is 0 Å². The van der Waals surface area contributed by atoms with Gasteiger partial charge < -0.3 is 45.0 Å². The van der Waals surface area contributed by atoms with Gasteiger partial charge in [0.15, 0.2) is 10.0 Å². The highest BCUT2D eigenvalue weighted by Crippen LogP contribution is 2.44. The Balaban J connectivity index is 1.37. The van der Waals surface area contributed by atoms with E-state index in [1.54, 1.807) is 31.3 Å². The third-order valence-corrected chi connectivity index (χ3v) is 12.9. The SMILES string of the molecule is CCN(CC)c1cc(Nc2nc(Nc3cc(N(CC)CC)c(OC)cc3N=Nc3snc4ccc(S(=O)(=O)O)cc34)nc(N(CCO)CCO)n2)c(N=Nc2snc3ccccc23)cc1OC. The molecular formula is C43H50N14O7S3. The van der Waals surface area contributed by atoms with Gasteiger partial charge in [0.05, 0.1) is 66.1 Å². The second-order valence-corrected chi connectivity index (χ2v) is 17.4. The van der Waals surface area contributed by atoms with Crippen LogP contribution in [0.1, 0.15) is 27.7 Å². The van der Waals surface area contributed by atoms with Crippen LogP contribution < -0.4 is 34.8 Å². The molecule has 24 heteroatoms. The molecule has 0 bridgehead atoms. The van der Waals surface area contributed by atoms with Gasteiger partial charge in [-0.25, -0.2) is 0 Å². The van der Waals surface area contributed by atoms with Crippen molar-refractivity contribution < 1.29 is 32.7 Å². The second-order valence-electron chi connectivity index (χ2n) is 14.4. The van der Waals surface area contributed by atoms with Gasteiger partial charge in [0, 0.05) is 62.2 Å². The zero-order valence-electron chi connectivity index (χ0n) is 37.6. The minimum Gasteiger partial charge on any atom is -0.494 e. The largest absolute Gasteiger partial charge is 0.494 e. The zero-order chi connectivity index (χ0) is 47.7. The van der Waals surface area contributed by atoms with Crippen molar-refractivity contribution in [3.8, 4) is 11.5 Å². The van der Waals surface area contributed by atoms with Crippen molar-refractivity contribution in [1.82, 2.24) is 23.7 Å². The summed E-state index contributed by atoms with van der Waals surface area (Å²) in [6.45, 7) is 10.5. The van der Waals surface area contributed by atoms with Gasteiger partial charge in [0.1, 0.15) is 22.9 Å². The summed E-state index contributed by atoms with van der Waals surface area (Å²) in [6, 6.07) is 18.9. The Labute approximate surface area is 395 Å². The molecule has 21 nitrogen and oxygen atoms in total.